The van der Waals surface area contributed by atoms with Gasteiger partial charge >= 0.3 is 0 Å². The Bertz CT molecular complexity index is 477. The number of rotatable bonds is 13. The highest BCUT2D eigenvalue weighted by Gasteiger charge is 2.17. The van der Waals surface area contributed by atoms with Crippen LogP contribution in [-0.2, 0) is 0 Å². The molecule has 0 radical (unpaired) electrons. The van der Waals surface area contributed by atoms with Gasteiger partial charge in [-0.05, 0) is 48.8 Å². The standard InChI is InChI=1S/C19H33NS4/c1-5-8-11-22-15-14-16(23-12-9-6-2)18(21-4)19(17(15)20)24-13-10-7-3/h14H,5-13,20H2,1-4H3. The van der Waals surface area contributed by atoms with E-state index in [1.54, 1.807) is 0 Å². The molecule has 0 aliphatic rings. The van der Waals surface area contributed by atoms with Crippen LogP contribution in [0.2, 0.25) is 0 Å². The molecule has 1 aromatic rings. The third-order valence-corrected chi connectivity index (χ3v) is 8.23. The molecule has 0 amide bonds. The van der Waals surface area contributed by atoms with E-state index in [1.807, 2.05) is 47.0 Å². The third-order valence-electron chi connectivity index (χ3n) is 3.66. The van der Waals surface area contributed by atoms with E-state index in [0.717, 1.165) is 17.2 Å². The molecule has 1 rings (SSSR count). The van der Waals surface area contributed by atoms with E-state index >= 15 is 0 Å². The molecule has 2 N–H and O–H groups in total. The third kappa shape index (κ3) is 7.35. The number of unbranched alkanes of at least 4 members (excludes halogenated alkanes) is 3. The summed E-state index contributed by atoms with van der Waals surface area (Å²) in [5.74, 6) is 3.53. The number of nitrogens with two attached hydrogens (primary N) is 1. The zero-order chi connectivity index (χ0) is 17.8. The van der Waals surface area contributed by atoms with Gasteiger partial charge in [0.25, 0.3) is 0 Å². The molecule has 0 aromatic heterocycles. The van der Waals surface area contributed by atoms with Crippen molar-refractivity contribution in [3.63, 3.8) is 0 Å². The van der Waals surface area contributed by atoms with Crippen molar-refractivity contribution in [2.24, 2.45) is 0 Å². The topological polar surface area (TPSA) is 26.0 Å². The first-order valence-electron chi connectivity index (χ1n) is 9.08. The van der Waals surface area contributed by atoms with Crippen LogP contribution in [0, 0.1) is 0 Å². The van der Waals surface area contributed by atoms with Crippen LogP contribution in [0.1, 0.15) is 59.3 Å². The van der Waals surface area contributed by atoms with Crippen LogP contribution in [-0.4, -0.2) is 23.5 Å². The zero-order valence-electron chi connectivity index (χ0n) is 15.7. The Balaban J connectivity index is 3.08. The molecular formula is C19H33NS4. The van der Waals surface area contributed by atoms with E-state index in [9.17, 15) is 0 Å². The summed E-state index contributed by atoms with van der Waals surface area (Å²) in [6.45, 7) is 6.76. The fraction of sp³-hybridized carbons (Fsp3) is 0.684. The average Bonchev–Trinajstić information content (AvgIpc) is 2.58. The summed E-state index contributed by atoms with van der Waals surface area (Å²) >= 11 is 7.76. The lowest BCUT2D eigenvalue weighted by molar-refractivity contribution is 0.891. The summed E-state index contributed by atoms with van der Waals surface area (Å²) in [6, 6.07) is 2.35. The molecule has 1 nitrogen and oxygen atoms in total. The lowest BCUT2D eigenvalue weighted by atomic mass is 10.3. The highest BCUT2D eigenvalue weighted by molar-refractivity contribution is 8.03. The fourth-order valence-corrected chi connectivity index (χ4v) is 7.10. The van der Waals surface area contributed by atoms with Gasteiger partial charge in [0, 0.05) is 19.6 Å². The number of thioether (sulfide) groups is 4. The zero-order valence-corrected chi connectivity index (χ0v) is 18.9. The first kappa shape index (κ1) is 22.5. The maximum absolute atomic E-state index is 6.58. The highest BCUT2D eigenvalue weighted by atomic mass is 32.2. The molecule has 0 saturated carbocycles. The summed E-state index contributed by atoms with van der Waals surface area (Å²) in [7, 11) is 0. The van der Waals surface area contributed by atoms with Gasteiger partial charge in [-0.15, -0.1) is 47.0 Å². The van der Waals surface area contributed by atoms with Crippen LogP contribution in [0.25, 0.3) is 0 Å². The molecule has 0 aliphatic heterocycles. The predicted octanol–water partition coefficient (Wildman–Crippen LogP) is 7.67. The maximum atomic E-state index is 6.58. The largest absolute Gasteiger partial charge is 0.397 e. The highest BCUT2D eigenvalue weighted by Crippen LogP contribution is 2.46. The van der Waals surface area contributed by atoms with Crippen molar-refractivity contribution in [2.45, 2.75) is 78.9 Å². The first-order valence-corrected chi connectivity index (χ1v) is 13.3. The van der Waals surface area contributed by atoms with Crippen molar-refractivity contribution in [3.8, 4) is 0 Å². The van der Waals surface area contributed by atoms with Crippen LogP contribution in [0.3, 0.4) is 0 Å². The first-order chi connectivity index (χ1) is 11.7. The second kappa shape index (κ2) is 13.6. The number of hydrogen-bond donors (Lipinski definition) is 1. The smallest absolute Gasteiger partial charge is 0.0602 e. The van der Waals surface area contributed by atoms with Gasteiger partial charge in [-0.25, -0.2) is 0 Å². The molecule has 0 saturated heterocycles. The SMILES string of the molecule is CCCCSc1cc(SCCCC)c(SC)c(SCCCC)c1N. The Morgan fingerprint density at radius 3 is 1.75 bits per heavy atom. The van der Waals surface area contributed by atoms with Crippen molar-refractivity contribution >= 4 is 52.7 Å². The van der Waals surface area contributed by atoms with Gasteiger partial charge in [0.05, 0.1) is 5.69 Å². The maximum Gasteiger partial charge on any atom is 0.0602 e. The summed E-state index contributed by atoms with van der Waals surface area (Å²) in [6.07, 6.45) is 9.71. The van der Waals surface area contributed by atoms with Crippen molar-refractivity contribution in [1.29, 1.82) is 0 Å². The van der Waals surface area contributed by atoms with Gasteiger partial charge in [-0.3, -0.25) is 0 Å². The molecular weight excluding hydrogens is 370 g/mol. The minimum absolute atomic E-state index is 1.02. The predicted molar refractivity (Wildman–Crippen MR) is 120 cm³/mol. The minimum atomic E-state index is 1.02. The molecule has 0 fully saturated rings. The van der Waals surface area contributed by atoms with Gasteiger partial charge in [-0.1, -0.05) is 40.0 Å². The summed E-state index contributed by atoms with van der Waals surface area (Å²) in [5.41, 5.74) is 7.60. The van der Waals surface area contributed by atoms with Crippen LogP contribution in [0.15, 0.2) is 25.6 Å². The molecule has 24 heavy (non-hydrogen) atoms. The molecule has 1 aromatic carbocycles. The fourth-order valence-electron chi connectivity index (χ4n) is 2.14. The lowest BCUT2D eigenvalue weighted by Gasteiger charge is -2.18. The van der Waals surface area contributed by atoms with E-state index < -0.39 is 0 Å². The Labute approximate surface area is 166 Å². The van der Waals surface area contributed by atoms with Gasteiger partial charge in [0.1, 0.15) is 0 Å². The van der Waals surface area contributed by atoms with E-state index in [0.29, 0.717) is 0 Å². The Morgan fingerprint density at radius 1 is 0.750 bits per heavy atom. The second-order valence-electron chi connectivity index (χ2n) is 5.75. The van der Waals surface area contributed by atoms with Crippen molar-refractivity contribution < 1.29 is 0 Å². The number of nitrogen functional groups attached to an aromatic ring is 1. The molecule has 0 bridgehead atoms. The molecule has 0 atom stereocenters. The van der Waals surface area contributed by atoms with Crippen molar-refractivity contribution in [1.82, 2.24) is 0 Å². The van der Waals surface area contributed by atoms with Crippen LogP contribution >= 0.6 is 47.0 Å². The van der Waals surface area contributed by atoms with Crippen LogP contribution in [0.4, 0.5) is 5.69 Å². The Morgan fingerprint density at radius 2 is 1.25 bits per heavy atom. The van der Waals surface area contributed by atoms with E-state index in [-0.39, 0.29) is 0 Å². The van der Waals surface area contributed by atoms with E-state index in [2.05, 4.69) is 33.1 Å². The average molecular weight is 404 g/mol. The van der Waals surface area contributed by atoms with Gasteiger partial charge in [-0.2, -0.15) is 0 Å². The Kier molecular flexibility index (Phi) is 12.7. The molecule has 0 aliphatic carbocycles. The monoisotopic (exact) mass is 403 g/mol. The van der Waals surface area contributed by atoms with Crippen LogP contribution < -0.4 is 5.73 Å². The Hall–Kier alpha value is 0.420. The molecule has 0 unspecified atom stereocenters. The normalized spacial score (nSPS) is 11.2. The number of benzene rings is 1. The summed E-state index contributed by atoms with van der Waals surface area (Å²) in [5, 5.41) is 0. The van der Waals surface area contributed by atoms with E-state index in [4.69, 9.17) is 5.73 Å². The van der Waals surface area contributed by atoms with E-state index in [1.165, 1.54) is 63.9 Å². The van der Waals surface area contributed by atoms with Crippen molar-refractivity contribution in [2.75, 3.05) is 29.2 Å². The summed E-state index contributed by atoms with van der Waals surface area (Å²) in [4.78, 5) is 5.45. The molecule has 138 valence electrons. The lowest BCUT2D eigenvalue weighted by Crippen LogP contribution is -1.98. The van der Waals surface area contributed by atoms with Gasteiger partial charge in [0.15, 0.2) is 0 Å². The minimum Gasteiger partial charge on any atom is -0.397 e. The van der Waals surface area contributed by atoms with Gasteiger partial charge in [0.2, 0.25) is 0 Å². The second-order valence-corrected chi connectivity index (χ2v) is 9.95. The summed E-state index contributed by atoms with van der Waals surface area (Å²) < 4.78 is 0. The van der Waals surface area contributed by atoms with Crippen molar-refractivity contribution in [3.05, 3.63) is 6.07 Å². The molecule has 0 spiro atoms. The number of hydrogen-bond acceptors (Lipinski definition) is 5. The molecule has 0 heterocycles. The number of anilines is 1. The molecule has 5 heteroatoms. The van der Waals surface area contributed by atoms with Gasteiger partial charge < -0.3 is 5.73 Å². The quantitative estimate of drug-likeness (QED) is 0.207. The van der Waals surface area contributed by atoms with Crippen LogP contribution in [0.5, 0.6) is 0 Å².